The molecule has 0 saturated heterocycles. The first-order valence-corrected chi connectivity index (χ1v) is 15.0. The second kappa shape index (κ2) is 11.9. The SMILES string of the molecule is Nc1ccc(N=Nc2ccc(C=Cc3ccc(N=Nc4ccc(N)c5ccccc45)cc3S(=O)(=O)O)cc2)c2ccccc12. The summed E-state index contributed by atoms with van der Waals surface area (Å²) in [5.74, 6) is 0. The van der Waals surface area contributed by atoms with E-state index in [9.17, 15) is 13.0 Å². The molecule has 0 radical (unpaired) electrons. The van der Waals surface area contributed by atoms with Crippen molar-refractivity contribution in [2.45, 2.75) is 4.90 Å². The number of nitrogens with zero attached hydrogens (tertiary/aromatic N) is 4. The fourth-order valence-electron chi connectivity index (χ4n) is 4.79. The first-order chi connectivity index (χ1) is 21.3. The summed E-state index contributed by atoms with van der Waals surface area (Å²) in [6, 6.07) is 34.1. The molecular formula is C34H26N6O3S. The number of nitrogens with two attached hydrogens (primary N) is 2. The predicted molar refractivity (Wildman–Crippen MR) is 177 cm³/mol. The molecule has 9 nitrogen and oxygen atoms in total. The minimum atomic E-state index is -4.55. The largest absolute Gasteiger partial charge is 0.398 e. The van der Waals surface area contributed by atoms with Crippen LogP contribution in [-0.4, -0.2) is 13.0 Å². The van der Waals surface area contributed by atoms with Crippen molar-refractivity contribution in [1.29, 1.82) is 0 Å². The highest BCUT2D eigenvalue weighted by Gasteiger charge is 2.15. The van der Waals surface area contributed by atoms with Gasteiger partial charge in [-0.25, -0.2) is 0 Å². The van der Waals surface area contributed by atoms with Crippen LogP contribution in [0.5, 0.6) is 0 Å². The van der Waals surface area contributed by atoms with Gasteiger partial charge in [0.25, 0.3) is 10.1 Å². The number of fused-ring (bicyclic) bond motifs is 2. The summed E-state index contributed by atoms with van der Waals surface area (Å²) < 4.78 is 34.4. The van der Waals surface area contributed by atoms with Crippen molar-refractivity contribution in [2.75, 3.05) is 11.5 Å². The third-order valence-electron chi connectivity index (χ3n) is 7.04. The van der Waals surface area contributed by atoms with Crippen LogP contribution in [-0.2, 0) is 10.1 Å². The van der Waals surface area contributed by atoms with Crippen molar-refractivity contribution in [1.82, 2.24) is 0 Å². The lowest BCUT2D eigenvalue weighted by atomic mass is 10.1. The molecular weight excluding hydrogens is 572 g/mol. The molecule has 0 amide bonds. The van der Waals surface area contributed by atoms with Crippen LogP contribution in [0.25, 0.3) is 33.7 Å². The van der Waals surface area contributed by atoms with Crippen molar-refractivity contribution >= 4 is 77.9 Å². The first kappa shape index (κ1) is 28.4. The fourth-order valence-corrected chi connectivity index (χ4v) is 5.50. The highest BCUT2D eigenvalue weighted by atomic mass is 32.2. The average molecular weight is 599 g/mol. The lowest BCUT2D eigenvalue weighted by Crippen LogP contribution is -2.00. The zero-order valence-corrected chi connectivity index (χ0v) is 24.1. The molecule has 0 aromatic heterocycles. The van der Waals surface area contributed by atoms with Crippen LogP contribution in [0.3, 0.4) is 0 Å². The van der Waals surface area contributed by atoms with E-state index >= 15 is 0 Å². The number of azo groups is 2. The van der Waals surface area contributed by atoms with Gasteiger partial charge in [-0.3, -0.25) is 4.55 Å². The van der Waals surface area contributed by atoms with Crippen LogP contribution >= 0.6 is 0 Å². The summed E-state index contributed by atoms with van der Waals surface area (Å²) >= 11 is 0. The van der Waals surface area contributed by atoms with Crippen LogP contribution < -0.4 is 11.5 Å². The summed E-state index contributed by atoms with van der Waals surface area (Å²) in [7, 11) is -4.55. The molecule has 5 N–H and O–H groups in total. The Morgan fingerprint density at radius 1 is 0.545 bits per heavy atom. The molecule has 0 spiro atoms. The number of hydrogen-bond acceptors (Lipinski definition) is 8. The Morgan fingerprint density at radius 2 is 1.05 bits per heavy atom. The van der Waals surface area contributed by atoms with Gasteiger partial charge in [-0.05, 0) is 59.7 Å². The Bertz CT molecular complexity index is 2230. The highest BCUT2D eigenvalue weighted by molar-refractivity contribution is 7.86. The van der Waals surface area contributed by atoms with E-state index in [1.54, 1.807) is 48.6 Å². The molecule has 0 fully saturated rings. The van der Waals surface area contributed by atoms with E-state index in [1.165, 1.54) is 6.07 Å². The molecule has 0 bridgehead atoms. The molecule has 0 heterocycles. The summed E-state index contributed by atoms with van der Waals surface area (Å²) in [6.07, 6.45) is 3.34. The second-order valence-corrected chi connectivity index (χ2v) is 11.4. The maximum absolute atomic E-state index is 12.2. The number of rotatable bonds is 7. The third-order valence-corrected chi connectivity index (χ3v) is 7.95. The van der Waals surface area contributed by atoms with E-state index < -0.39 is 10.1 Å². The molecule has 0 unspecified atom stereocenters. The van der Waals surface area contributed by atoms with Gasteiger partial charge < -0.3 is 11.5 Å². The smallest absolute Gasteiger partial charge is 0.295 e. The molecule has 6 aromatic carbocycles. The Hall–Kier alpha value is -5.71. The molecule has 0 aliphatic heterocycles. The van der Waals surface area contributed by atoms with E-state index in [2.05, 4.69) is 20.5 Å². The number of benzene rings is 6. The van der Waals surface area contributed by atoms with Gasteiger partial charge in [-0.15, -0.1) is 10.2 Å². The van der Waals surface area contributed by atoms with Gasteiger partial charge in [-0.2, -0.15) is 18.6 Å². The predicted octanol–water partition coefficient (Wildman–Crippen LogP) is 9.41. The summed E-state index contributed by atoms with van der Waals surface area (Å²) in [6.45, 7) is 0. The minimum absolute atomic E-state index is 0.263. The monoisotopic (exact) mass is 598 g/mol. The first-order valence-electron chi connectivity index (χ1n) is 13.5. The number of nitrogen functional groups attached to an aromatic ring is 2. The summed E-state index contributed by atoms with van der Waals surface area (Å²) in [5, 5.41) is 20.8. The van der Waals surface area contributed by atoms with Crippen LogP contribution in [0.15, 0.2) is 141 Å². The van der Waals surface area contributed by atoms with Crippen LogP contribution in [0, 0.1) is 0 Å². The Balaban J connectivity index is 1.22. The zero-order valence-electron chi connectivity index (χ0n) is 23.2. The van der Waals surface area contributed by atoms with Crippen LogP contribution in [0.2, 0.25) is 0 Å². The van der Waals surface area contributed by atoms with Crippen molar-refractivity contribution in [3.05, 3.63) is 126 Å². The molecule has 44 heavy (non-hydrogen) atoms. The molecule has 0 aliphatic rings. The molecule has 10 heteroatoms. The molecule has 6 aromatic rings. The maximum Gasteiger partial charge on any atom is 0.295 e. The Labute approximate surface area is 253 Å². The zero-order chi connectivity index (χ0) is 30.7. The van der Waals surface area contributed by atoms with Crippen LogP contribution in [0.4, 0.5) is 34.1 Å². The van der Waals surface area contributed by atoms with Gasteiger partial charge in [0.05, 0.1) is 22.7 Å². The normalized spacial score (nSPS) is 12.3. The number of hydrogen-bond donors (Lipinski definition) is 3. The molecule has 216 valence electrons. The van der Waals surface area contributed by atoms with Gasteiger partial charge in [0.2, 0.25) is 0 Å². The van der Waals surface area contributed by atoms with Gasteiger partial charge in [0.1, 0.15) is 4.90 Å². The van der Waals surface area contributed by atoms with Gasteiger partial charge in [-0.1, -0.05) is 78.9 Å². The average Bonchev–Trinajstić information content (AvgIpc) is 3.04. The Morgan fingerprint density at radius 3 is 1.59 bits per heavy atom. The van der Waals surface area contributed by atoms with Crippen molar-refractivity contribution in [3.63, 3.8) is 0 Å². The number of anilines is 2. The quantitative estimate of drug-likeness (QED) is 0.0722. The lowest BCUT2D eigenvalue weighted by molar-refractivity contribution is 0.483. The van der Waals surface area contributed by atoms with Gasteiger partial charge in [0.15, 0.2) is 0 Å². The molecule has 6 rings (SSSR count). The van der Waals surface area contributed by atoms with Crippen molar-refractivity contribution < 1.29 is 13.0 Å². The van der Waals surface area contributed by atoms with Crippen molar-refractivity contribution in [3.8, 4) is 0 Å². The molecule has 0 saturated carbocycles. The van der Waals surface area contributed by atoms with E-state index in [0.29, 0.717) is 34.0 Å². The third kappa shape index (κ3) is 6.07. The summed E-state index contributed by atoms with van der Waals surface area (Å²) in [5.41, 5.74) is 16.7. The van der Waals surface area contributed by atoms with E-state index in [-0.39, 0.29) is 10.6 Å². The fraction of sp³-hybridized carbons (Fsp3) is 0. The lowest BCUT2D eigenvalue weighted by Gasteiger charge is -2.06. The van der Waals surface area contributed by atoms with E-state index in [1.807, 2.05) is 72.8 Å². The molecule has 0 atom stereocenters. The van der Waals surface area contributed by atoms with E-state index in [0.717, 1.165) is 27.1 Å². The van der Waals surface area contributed by atoms with Crippen LogP contribution in [0.1, 0.15) is 11.1 Å². The minimum Gasteiger partial charge on any atom is -0.398 e. The second-order valence-electron chi connectivity index (χ2n) is 9.96. The highest BCUT2D eigenvalue weighted by Crippen LogP contribution is 2.33. The van der Waals surface area contributed by atoms with Gasteiger partial charge in [0, 0.05) is 32.9 Å². The summed E-state index contributed by atoms with van der Waals surface area (Å²) in [4.78, 5) is -0.284. The standard InChI is InChI=1S/C34H26N6O3S/c35-30-17-19-32(28-7-3-1-5-26(28)30)39-37-24-14-10-22(11-15-24)9-12-23-13-16-25(21-34(23)44(41,42)43)38-40-33-20-18-31(36)27-6-2-4-8-29(27)33/h1-21H,35-36H2,(H,41,42,43). The van der Waals surface area contributed by atoms with E-state index in [4.69, 9.17) is 11.5 Å². The molecule has 0 aliphatic carbocycles. The topological polar surface area (TPSA) is 156 Å². The van der Waals surface area contributed by atoms with Gasteiger partial charge >= 0.3 is 0 Å². The van der Waals surface area contributed by atoms with Crippen molar-refractivity contribution in [2.24, 2.45) is 20.5 Å². The Kier molecular flexibility index (Phi) is 7.67. The maximum atomic E-state index is 12.2.